The van der Waals surface area contributed by atoms with E-state index in [0.29, 0.717) is 0 Å². The molecule has 0 aliphatic carbocycles. The molecule has 136 valence electrons. The Bertz CT molecular complexity index is 1560. The molecule has 0 bridgehead atoms. The van der Waals surface area contributed by atoms with E-state index in [1.165, 1.54) is 58.7 Å². The first-order chi connectivity index (χ1) is 14.3. The lowest BCUT2D eigenvalue weighted by Gasteiger charge is -2.14. The van der Waals surface area contributed by atoms with Crippen molar-refractivity contribution in [3.63, 3.8) is 0 Å². The summed E-state index contributed by atoms with van der Waals surface area (Å²) in [5.74, 6) is 0. The fraction of sp³-hybridized carbons (Fsp3) is 0. The van der Waals surface area contributed by atoms with Gasteiger partial charge in [0.1, 0.15) is 0 Å². The highest BCUT2D eigenvalue weighted by Gasteiger charge is 2.13. The van der Waals surface area contributed by atoms with E-state index < -0.39 is 0 Å². The van der Waals surface area contributed by atoms with E-state index in [1.54, 1.807) is 0 Å². The zero-order valence-corrected chi connectivity index (χ0v) is 17.3. The molecule has 1 heteroatoms. The zero-order valence-electron chi connectivity index (χ0n) is 15.7. The van der Waals surface area contributed by atoms with Gasteiger partial charge in [-0.15, -0.1) is 0 Å². The molecule has 0 fully saturated rings. The number of fused-ring (bicyclic) bond motifs is 4. The van der Waals surface area contributed by atoms with Crippen molar-refractivity contribution < 1.29 is 0 Å². The second-order valence-electron chi connectivity index (χ2n) is 7.54. The second kappa shape index (κ2) is 6.43. The summed E-state index contributed by atoms with van der Waals surface area (Å²) in [4.78, 5) is 0. The number of hydrogen-bond donors (Lipinski definition) is 0. The lowest BCUT2D eigenvalue weighted by Crippen LogP contribution is -1.87. The van der Waals surface area contributed by atoms with Crippen molar-refractivity contribution in [3.8, 4) is 11.1 Å². The zero-order chi connectivity index (χ0) is 19.4. The van der Waals surface area contributed by atoms with Crippen LogP contribution in [0.3, 0.4) is 0 Å². The largest absolute Gasteiger partial charge is 0.0616 e. The van der Waals surface area contributed by atoms with Crippen LogP contribution < -0.4 is 0 Å². The lowest BCUT2D eigenvalue weighted by atomic mass is 9.91. The van der Waals surface area contributed by atoms with Crippen LogP contribution in [-0.4, -0.2) is 0 Å². The average Bonchev–Trinajstić information content (AvgIpc) is 2.77. The maximum Gasteiger partial charge on any atom is 0.0338 e. The fourth-order valence-corrected chi connectivity index (χ4v) is 5.29. The third kappa shape index (κ3) is 2.58. The Hall–Kier alpha value is -3.16. The van der Waals surface area contributed by atoms with Crippen LogP contribution >= 0.6 is 15.9 Å². The molecule has 0 nitrogen and oxygen atoms in total. The predicted molar refractivity (Wildman–Crippen MR) is 130 cm³/mol. The summed E-state index contributed by atoms with van der Waals surface area (Å²) >= 11 is 3.93. The fourth-order valence-electron chi connectivity index (χ4n) is 4.49. The van der Waals surface area contributed by atoms with Gasteiger partial charge in [-0.1, -0.05) is 84.9 Å². The Balaban J connectivity index is 1.75. The van der Waals surface area contributed by atoms with Gasteiger partial charge in [0.15, 0.2) is 0 Å². The highest BCUT2D eigenvalue weighted by molar-refractivity contribution is 9.10. The third-order valence-electron chi connectivity index (χ3n) is 5.86. The summed E-state index contributed by atoms with van der Waals surface area (Å²) in [5, 5.41) is 10.2. The maximum absolute atomic E-state index is 3.93. The Kier molecular flexibility index (Phi) is 3.72. The van der Waals surface area contributed by atoms with Gasteiger partial charge in [-0.2, -0.15) is 0 Å². The van der Waals surface area contributed by atoms with Gasteiger partial charge in [-0.05, 0) is 83.0 Å². The molecule has 0 saturated heterocycles. The van der Waals surface area contributed by atoms with Crippen molar-refractivity contribution in [3.05, 3.63) is 108 Å². The van der Waals surface area contributed by atoms with Crippen molar-refractivity contribution in [1.82, 2.24) is 0 Å². The van der Waals surface area contributed by atoms with Gasteiger partial charge in [-0.25, -0.2) is 0 Å². The topological polar surface area (TPSA) is 0 Å². The van der Waals surface area contributed by atoms with Gasteiger partial charge in [0.05, 0.1) is 0 Å². The molecule has 0 amide bonds. The van der Waals surface area contributed by atoms with Crippen LogP contribution in [0.4, 0.5) is 0 Å². The second-order valence-corrected chi connectivity index (χ2v) is 8.33. The van der Waals surface area contributed by atoms with Crippen molar-refractivity contribution >= 4 is 59.0 Å². The van der Waals surface area contributed by atoms with E-state index in [4.69, 9.17) is 0 Å². The van der Waals surface area contributed by atoms with Gasteiger partial charge in [0.25, 0.3) is 0 Å². The molecule has 0 aliphatic rings. The van der Waals surface area contributed by atoms with E-state index in [1.807, 2.05) is 0 Å². The Morgan fingerprint density at radius 3 is 1.79 bits per heavy atom. The summed E-state index contributed by atoms with van der Waals surface area (Å²) < 4.78 is 1.17. The molecule has 0 spiro atoms. The minimum Gasteiger partial charge on any atom is -0.0616 e. The van der Waals surface area contributed by atoms with Crippen molar-refractivity contribution in [1.29, 1.82) is 0 Å². The van der Waals surface area contributed by atoms with Crippen LogP contribution in [0.25, 0.3) is 54.2 Å². The Morgan fingerprint density at radius 1 is 0.414 bits per heavy atom. The molecule has 29 heavy (non-hydrogen) atoms. The van der Waals surface area contributed by atoms with Gasteiger partial charge in [0.2, 0.25) is 0 Å². The van der Waals surface area contributed by atoms with Crippen LogP contribution in [-0.2, 0) is 0 Å². The molecule has 0 saturated carbocycles. The van der Waals surface area contributed by atoms with Crippen LogP contribution in [0.2, 0.25) is 0 Å². The number of benzene rings is 6. The van der Waals surface area contributed by atoms with E-state index in [0.717, 1.165) is 0 Å². The van der Waals surface area contributed by atoms with Crippen LogP contribution in [0.5, 0.6) is 0 Å². The first-order valence-corrected chi connectivity index (χ1v) is 10.6. The summed E-state index contributed by atoms with van der Waals surface area (Å²) in [6, 6.07) is 37.3. The minimum atomic E-state index is 1.17. The van der Waals surface area contributed by atoms with Gasteiger partial charge < -0.3 is 0 Å². The average molecular weight is 433 g/mol. The molecule has 0 radical (unpaired) electrons. The smallest absolute Gasteiger partial charge is 0.0338 e. The molecule has 6 rings (SSSR count). The normalized spacial score (nSPS) is 11.6. The quantitative estimate of drug-likeness (QED) is 0.228. The van der Waals surface area contributed by atoms with E-state index in [9.17, 15) is 0 Å². The van der Waals surface area contributed by atoms with Crippen molar-refractivity contribution in [2.24, 2.45) is 0 Å². The summed E-state index contributed by atoms with van der Waals surface area (Å²) in [6.45, 7) is 0. The summed E-state index contributed by atoms with van der Waals surface area (Å²) in [7, 11) is 0. The molecule has 0 atom stereocenters. The molecule has 0 heterocycles. The van der Waals surface area contributed by atoms with Crippen LogP contribution in [0.15, 0.2) is 108 Å². The molecule has 0 unspecified atom stereocenters. The van der Waals surface area contributed by atoms with Crippen LogP contribution in [0.1, 0.15) is 0 Å². The summed E-state index contributed by atoms with van der Waals surface area (Å²) in [5.41, 5.74) is 2.54. The molecule has 6 aromatic carbocycles. The van der Waals surface area contributed by atoms with E-state index >= 15 is 0 Å². The third-order valence-corrected chi connectivity index (χ3v) is 6.68. The van der Waals surface area contributed by atoms with Gasteiger partial charge in [0, 0.05) is 9.86 Å². The monoisotopic (exact) mass is 432 g/mol. The first kappa shape index (κ1) is 16.8. The minimum absolute atomic E-state index is 1.17. The Morgan fingerprint density at radius 2 is 0.966 bits per heavy atom. The first-order valence-electron chi connectivity index (χ1n) is 9.81. The molecule has 6 aromatic rings. The van der Waals surface area contributed by atoms with E-state index in [2.05, 4.69) is 119 Å². The molecule has 0 aromatic heterocycles. The molecule has 0 aliphatic heterocycles. The van der Waals surface area contributed by atoms with Gasteiger partial charge in [-0.3, -0.25) is 0 Å². The highest BCUT2D eigenvalue weighted by atomic mass is 79.9. The van der Waals surface area contributed by atoms with Crippen LogP contribution in [0, 0.1) is 0 Å². The SMILES string of the molecule is Brc1c2ccccc2cc2cccc(-c3cccc4cc5ccccc5cc34)c12. The standard InChI is InChI=1S/C28H17Br/c29-28-23-12-4-3-9-20(23)16-22-11-6-14-25(27(22)28)24-13-5-10-21-15-18-7-1-2-8-19(18)17-26(21)24/h1-17H. The highest BCUT2D eigenvalue weighted by Crippen LogP contribution is 2.41. The molecular formula is C28H17Br. The number of rotatable bonds is 1. The number of hydrogen-bond acceptors (Lipinski definition) is 0. The van der Waals surface area contributed by atoms with Crippen molar-refractivity contribution in [2.45, 2.75) is 0 Å². The lowest BCUT2D eigenvalue weighted by molar-refractivity contribution is 1.69. The summed E-state index contributed by atoms with van der Waals surface area (Å²) in [6.07, 6.45) is 0. The molecule has 0 N–H and O–H groups in total. The predicted octanol–water partition coefficient (Wildman–Crippen LogP) is 8.73. The Labute approximate surface area is 177 Å². The molecular weight excluding hydrogens is 416 g/mol. The number of halogens is 1. The van der Waals surface area contributed by atoms with Gasteiger partial charge >= 0.3 is 0 Å². The van der Waals surface area contributed by atoms with Crippen molar-refractivity contribution in [2.75, 3.05) is 0 Å². The maximum atomic E-state index is 3.93. The van der Waals surface area contributed by atoms with E-state index in [-0.39, 0.29) is 0 Å².